The summed E-state index contributed by atoms with van der Waals surface area (Å²) in [6.45, 7) is -0.602. The van der Waals surface area contributed by atoms with Crippen LogP contribution in [0.15, 0.2) is 0 Å². The number of ether oxygens (including phenoxy) is 3. The monoisotopic (exact) mass is 474 g/mol. The second kappa shape index (κ2) is 9.88. The maximum absolute atomic E-state index is 11.7. The van der Waals surface area contributed by atoms with Gasteiger partial charge in [-0.2, -0.15) is 0 Å². The van der Waals surface area contributed by atoms with Crippen LogP contribution in [0.4, 0.5) is 0 Å². The number of methoxy groups -OCH3 is 1. The molecule has 2 fully saturated rings. The minimum atomic E-state index is -3.98. The first-order valence-electron chi connectivity index (χ1n) is 9.38. The lowest BCUT2D eigenvalue weighted by molar-refractivity contribution is -0.346. The normalized spacial score (nSPS) is 44.1. The minimum absolute atomic E-state index is 0.620. The molecule has 8 N–H and O–H groups in total. The van der Waals surface area contributed by atoms with Crippen LogP contribution in [0.2, 0.25) is 0 Å². The number of nitrogens with one attached hydrogen (secondary N) is 2. The maximum atomic E-state index is 11.7. The van der Waals surface area contributed by atoms with Crippen LogP contribution in [0.5, 0.6) is 0 Å². The second-order valence-corrected chi connectivity index (χ2v) is 9.42. The molecule has 2 saturated heterocycles. The van der Waals surface area contributed by atoms with E-state index in [1.807, 2.05) is 4.72 Å². The van der Waals surface area contributed by atoms with Crippen molar-refractivity contribution in [1.82, 2.24) is 10.0 Å². The Morgan fingerprint density at radius 1 is 1.10 bits per heavy atom. The van der Waals surface area contributed by atoms with Crippen LogP contribution in [0.25, 0.3) is 0 Å². The van der Waals surface area contributed by atoms with Gasteiger partial charge in [-0.3, -0.25) is 4.79 Å². The largest absolute Gasteiger partial charge is 0.394 e. The molecule has 0 unspecified atom stereocenters. The molecule has 31 heavy (non-hydrogen) atoms. The third kappa shape index (κ3) is 5.17. The Kier molecular flexibility index (Phi) is 8.37. The SMILES string of the molecule is CO[C@H]1O[C@H](CO)[C@](O)([C@@H]2O[C@H](CO)[C@H](O)[C@@H](NS(C)(=O)=O)[C@H]2O)[C@H](O)[C@@H]1NC(C)=O. The number of hydrogen-bond acceptors (Lipinski definition) is 12. The van der Waals surface area contributed by atoms with Gasteiger partial charge in [0.15, 0.2) is 6.29 Å². The van der Waals surface area contributed by atoms with Gasteiger partial charge in [-0.15, -0.1) is 0 Å². The molecular formula is C16H30N2O12S. The number of amides is 1. The number of rotatable bonds is 7. The highest BCUT2D eigenvalue weighted by Gasteiger charge is 2.64. The van der Waals surface area contributed by atoms with Gasteiger partial charge in [-0.25, -0.2) is 13.1 Å². The summed E-state index contributed by atoms with van der Waals surface area (Å²) < 4.78 is 41.4. The van der Waals surface area contributed by atoms with Gasteiger partial charge in [0.2, 0.25) is 15.9 Å². The van der Waals surface area contributed by atoms with E-state index in [0.717, 1.165) is 13.2 Å². The highest BCUT2D eigenvalue weighted by molar-refractivity contribution is 7.88. The second-order valence-electron chi connectivity index (χ2n) is 7.64. The van der Waals surface area contributed by atoms with E-state index in [9.17, 15) is 43.9 Å². The van der Waals surface area contributed by atoms with Crippen LogP contribution in [-0.4, -0.2) is 132 Å². The van der Waals surface area contributed by atoms with Crippen molar-refractivity contribution in [3.8, 4) is 0 Å². The van der Waals surface area contributed by atoms with Gasteiger partial charge in [0.25, 0.3) is 0 Å². The lowest BCUT2D eigenvalue weighted by Crippen LogP contribution is -2.79. The summed E-state index contributed by atoms with van der Waals surface area (Å²) in [6.07, 6.45) is -11.2. The molecule has 2 aliphatic rings. The van der Waals surface area contributed by atoms with Gasteiger partial charge >= 0.3 is 0 Å². The molecule has 2 rings (SSSR count). The van der Waals surface area contributed by atoms with Crippen LogP contribution in [0.3, 0.4) is 0 Å². The van der Waals surface area contributed by atoms with Crippen molar-refractivity contribution in [3.05, 3.63) is 0 Å². The number of aliphatic hydroxyl groups is 6. The first-order chi connectivity index (χ1) is 14.3. The van der Waals surface area contributed by atoms with Gasteiger partial charge in [0, 0.05) is 14.0 Å². The summed E-state index contributed by atoms with van der Waals surface area (Å²) in [5.41, 5.74) is -2.64. The van der Waals surface area contributed by atoms with Crippen LogP contribution in [-0.2, 0) is 29.0 Å². The average Bonchev–Trinajstić information content (AvgIpc) is 2.68. The van der Waals surface area contributed by atoms with Crippen molar-refractivity contribution in [1.29, 1.82) is 0 Å². The quantitative estimate of drug-likeness (QED) is 0.173. The third-order valence-electron chi connectivity index (χ3n) is 5.42. The lowest BCUT2D eigenvalue weighted by Gasteiger charge is -2.55. The van der Waals surface area contributed by atoms with Gasteiger partial charge in [-0.1, -0.05) is 0 Å². The van der Waals surface area contributed by atoms with Gasteiger partial charge in [0.1, 0.15) is 48.3 Å². The van der Waals surface area contributed by atoms with E-state index < -0.39 is 89.7 Å². The summed E-state index contributed by atoms with van der Waals surface area (Å²) in [6, 6.07) is -3.03. The Morgan fingerprint density at radius 2 is 1.71 bits per heavy atom. The fraction of sp³-hybridized carbons (Fsp3) is 0.938. The number of aliphatic hydroxyl groups excluding tert-OH is 5. The molecule has 0 bridgehead atoms. The van der Waals surface area contributed by atoms with Crippen LogP contribution in [0.1, 0.15) is 6.92 Å². The Morgan fingerprint density at radius 3 is 2.16 bits per heavy atom. The van der Waals surface area contributed by atoms with Crippen LogP contribution in [0, 0.1) is 0 Å². The average molecular weight is 474 g/mol. The zero-order chi connectivity index (χ0) is 23.7. The molecule has 1 amide bonds. The first kappa shape index (κ1) is 26.3. The third-order valence-corrected chi connectivity index (χ3v) is 6.12. The molecule has 182 valence electrons. The van der Waals surface area contributed by atoms with Gasteiger partial charge < -0.3 is 50.2 Å². The summed E-state index contributed by atoms with van der Waals surface area (Å²) in [7, 11) is -2.78. The van der Waals surface area contributed by atoms with Crippen LogP contribution < -0.4 is 10.0 Å². The van der Waals surface area contributed by atoms with E-state index in [-0.39, 0.29) is 0 Å². The van der Waals surface area contributed by atoms with Crippen molar-refractivity contribution in [2.24, 2.45) is 0 Å². The highest BCUT2D eigenvalue weighted by atomic mass is 32.2. The zero-order valence-electron chi connectivity index (χ0n) is 17.2. The van der Waals surface area contributed by atoms with Crippen molar-refractivity contribution >= 4 is 15.9 Å². The summed E-state index contributed by atoms with van der Waals surface area (Å²) in [5, 5.41) is 65.2. The predicted octanol–water partition coefficient (Wildman–Crippen LogP) is -5.65. The van der Waals surface area contributed by atoms with Crippen molar-refractivity contribution < 1.29 is 58.1 Å². The fourth-order valence-corrected chi connectivity index (χ4v) is 4.77. The lowest BCUT2D eigenvalue weighted by atomic mass is 9.73. The molecule has 0 aromatic rings. The zero-order valence-corrected chi connectivity index (χ0v) is 18.0. The number of hydrogen-bond donors (Lipinski definition) is 8. The molecule has 0 radical (unpaired) electrons. The van der Waals surface area contributed by atoms with E-state index in [2.05, 4.69) is 5.32 Å². The molecule has 15 heteroatoms. The molecule has 2 aliphatic heterocycles. The maximum Gasteiger partial charge on any atom is 0.217 e. The molecule has 2 heterocycles. The molecule has 10 atom stereocenters. The number of carbonyl (C=O) groups is 1. The topological polar surface area (TPSA) is 224 Å². The number of carbonyl (C=O) groups excluding carboxylic acids is 1. The van der Waals surface area contributed by atoms with Gasteiger partial charge in [-0.05, 0) is 0 Å². The minimum Gasteiger partial charge on any atom is -0.394 e. The molecule has 0 spiro atoms. The molecular weight excluding hydrogens is 444 g/mol. The summed E-state index contributed by atoms with van der Waals surface area (Å²) in [4.78, 5) is 11.6. The molecule has 0 saturated carbocycles. The van der Waals surface area contributed by atoms with Crippen molar-refractivity contribution in [3.63, 3.8) is 0 Å². The Labute approximate surface area is 178 Å². The summed E-state index contributed by atoms with van der Waals surface area (Å²) >= 11 is 0. The Balaban J connectivity index is 2.52. The van der Waals surface area contributed by atoms with E-state index in [1.54, 1.807) is 0 Å². The Hall–Kier alpha value is -0.980. The number of sulfonamides is 1. The standard InChI is InChI=1S/C16H30N2O12S/c1-6(21)17-10-13(24)16(25,8(5-20)30-15(10)28-2)14-12(23)9(18-31(3,26)27)11(22)7(4-19)29-14/h7-15,18-20,22-25H,4-5H2,1-3H3,(H,17,21)/t7-,8-,9-,10+,11+,12-,13-,14-,15+,16-/m1/s1. The highest BCUT2D eigenvalue weighted by Crippen LogP contribution is 2.39. The van der Waals surface area contributed by atoms with Crippen LogP contribution >= 0.6 is 0 Å². The molecule has 14 nitrogen and oxygen atoms in total. The van der Waals surface area contributed by atoms with Crippen molar-refractivity contribution in [2.45, 2.75) is 67.5 Å². The molecule has 0 aromatic carbocycles. The first-order valence-corrected chi connectivity index (χ1v) is 11.3. The van der Waals surface area contributed by atoms with E-state index in [1.165, 1.54) is 7.11 Å². The summed E-state index contributed by atoms with van der Waals surface area (Å²) in [5.74, 6) is -0.620. The van der Waals surface area contributed by atoms with E-state index >= 15 is 0 Å². The molecule has 0 aromatic heterocycles. The Bertz CT molecular complexity index is 738. The van der Waals surface area contributed by atoms with E-state index in [4.69, 9.17) is 14.2 Å². The smallest absolute Gasteiger partial charge is 0.217 e. The fourth-order valence-electron chi connectivity index (χ4n) is 4.00. The predicted molar refractivity (Wildman–Crippen MR) is 101 cm³/mol. The van der Waals surface area contributed by atoms with E-state index in [0.29, 0.717) is 0 Å². The molecule has 0 aliphatic carbocycles. The van der Waals surface area contributed by atoms with Crippen molar-refractivity contribution in [2.75, 3.05) is 26.6 Å². The van der Waals surface area contributed by atoms with Gasteiger partial charge in [0.05, 0.1) is 25.5 Å².